The van der Waals surface area contributed by atoms with Crippen LogP contribution in [0.2, 0.25) is 0 Å². The van der Waals surface area contributed by atoms with Crippen LogP contribution in [0.1, 0.15) is 12.5 Å². The molecular weight excluding hydrogens is 320 g/mol. The topological polar surface area (TPSA) is 63.6 Å². The van der Waals surface area contributed by atoms with Crippen molar-refractivity contribution in [1.29, 1.82) is 0 Å². The summed E-state index contributed by atoms with van der Waals surface area (Å²) in [4.78, 5) is 0. The number of halogens is 1. The first-order valence-corrected chi connectivity index (χ1v) is 8.19. The van der Waals surface area contributed by atoms with E-state index in [0.717, 1.165) is 16.3 Å². The molecule has 1 rings (SSSR count). The van der Waals surface area contributed by atoms with E-state index in [9.17, 15) is 13.5 Å². The summed E-state index contributed by atoms with van der Waals surface area (Å²) in [7, 11) is -1.66. The van der Waals surface area contributed by atoms with E-state index in [-0.39, 0.29) is 6.42 Å². The average molecular weight is 337 g/mol. The normalized spacial score (nSPS) is 15.2. The highest BCUT2D eigenvalue weighted by Crippen LogP contribution is 2.26. The molecule has 1 aromatic rings. The van der Waals surface area contributed by atoms with Gasteiger partial charge in [0.25, 0.3) is 0 Å². The van der Waals surface area contributed by atoms with Gasteiger partial charge in [0.05, 0.1) is 22.9 Å². The second-order valence-electron chi connectivity index (χ2n) is 4.28. The van der Waals surface area contributed by atoms with E-state index in [1.807, 2.05) is 12.1 Å². The van der Waals surface area contributed by atoms with Gasteiger partial charge in [0.1, 0.15) is 5.75 Å². The second-order valence-corrected chi connectivity index (χ2v) is 7.53. The molecule has 102 valence electrons. The van der Waals surface area contributed by atoms with Gasteiger partial charge in [0.2, 0.25) is 0 Å². The third kappa shape index (κ3) is 3.96. The molecule has 0 aliphatic carbocycles. The van der Waals surface area contributed by atoms with Crippen molar-refractivity contribution in [2.75, 3.05) is 13.4 Å². The number of hydrogen-bond acceptors (Lipinski definition) is 4. The van der Waals surface area contributed by atoms with Crippen molar-refractivity contribution in [3.8, 4) is 5.75 Å². The Morgan fingerprint density at radius 1 is 1.44 bits per heavy atom. The van der Waals surface area contributed by atoms with E-state index in [2.05, 4.69) is 15.9 Å². The predicted molar refractivity (Wildman–Crippen MR) is 74.7 cm³/mol. The lowest BCUT2D eigenvalue weighted by Gasteiger charge is -2.17. The maximum Gasteiger partial charge on any atom is 0.152 e. The minimum absolute atomic E-state index is 0.289. The van der Waals surface area contributed by atoms with Crippen LogP contribution in [0.4, 0.5) is 0 Å². The highest BCUT2D eigenvalue weighted by molar-refractivity contribution is 9.10. The molecule has 2 atom stereocenters. The molecule has 2 unspecified atom stereocenters. The van der Waals surface area contributed by atoms with Crippen LogP contribution < -0.4 is 4.74 Å². The molecule has 0 saturated heterocycles. The number of hydrogen-bond donors (Lipinski definition) is 1. The molecule has 6 heteroatoms. The first kappa shape index (κ1) is 15.5. The number of rotatable bonds is 5. The third-order valence-corrected chi connectivity index (χ3v) is 5.16. The van der Waals surface area contributed by atoms with Gasteiger partial charge < -0.3 is 9.84 Å². The fourth-order valence-corrected chi connectivity index (χ4v) is 2.78. The zero-order valence-electron chi connectivity index (χ0n) is 10.6. The summed E-state index contributed by atoms with van der Waals surface area (Å²) in [6.45, 7) is 1.51. The molecule has 1 aromatic carbocycles. The van der Waals surface area contributed by atoms with Gasteiger partial charge in [-0.3, -0.25) is 0 Å². The summed E-state index contributed by atoms with van der Waals surface area (Å²) in [6, 6.07) is 5.40. The SMILES string of the molecule is COc1ccc(CC(O)C(C)S(C)(=O)=O)cc1Br. The van der Waals surface area contributed by atoms with E-state index in [1.54, 1.807) is 13.2 Å². The Bertz CT molecular complexity index is 513. The molecule has 0 saturated carbocycles. The summed E-state index contributed by atoms with van der Waals surface area (Å²) in [6.07, 6.45) is 0.502. The van der Waals surface area contributed by atoms with E-state index >= 15 is 0 Å². The number of ether oxygens (including phenoxy) is 1. The highest BCUT2D eigenvalue weighted by atomic mass is 79.9. The van der Waals surface area contributed by atoms with Crippen LogP contribution in [-0.4, -0.2) is 38.2 Å². The van der Waals surface area contributed by atoms with Gasteiger partial charge in [0, 0.05) is 6.26 Å². The fourth-order valence-electron chi connectivity index (χ4n) is 1.53. The Labute approximate surface area is 116 Å². The number of aliphatic hydroxyl groups excluding tert-OH is 1. The number of aliphatic hydroxyl groups is 1. The van der Waals surface area contributed by atoms with Gasteiger partial charge in [-0.1, -0.05) is 6.07 Å². The Kier molecular flexibility index (Phi) is 5.19. The predicted octanol–water partition coefficient (Wildman–Crippen LogP) is 1.79. The second kappa shape index (κ2) is 6.04. The lowest BCUT2D eigenvalue weighted by atomic mass is 10.1. The fraction of sp³-hybridized carbons (Fsp3) is 0.500. The number of sulfone groups is 1. The molecule has 1 N–H and O–H groups in total. The molecule has 0 spiro atoms. The maximum atomic E-state index is 11.3. The Morgan fingerprint density at radius 3 is 2.50 bits per heavy atom. The highest BCUT2D eigenvalue weighted by Gasteiger charge is 2.24. The van der Waals surface area contributed by atoms with Crippen molar-refractivity contribution >= 4 is 25.8 Å². The molecule has 0 radical (unpaired) electrons. The molecule has 0 aliphatic heterocycles. The van der Waals surface area contributed by atoms with Crippen LogP contribution >= 0.6 is 15.9 Å². The van der Waals surface area contributed by atoms with Crippen LogP contribution in [0.3, 0.4) is 0 Å². The van der Waals surface area contributed by atoms with Crippen LogP contribution in [0.15, 0.2) is 22.7 Å². The van der Waals surface area contributed by atoms with Crippen LogP contribution in [0, 0.1) is 0 Å². The van der Waals surface area contributed by atoms with Crippen molar-refractivity contribution < 1.29 is 18.3 Å². The zero-order chi connectivity index (χ0) is 13.9. The molecule has 18 heavy (non-hydrogen) atoms. The average Bonchev–Trinajstić information content (AvgIpc) is 2.27. The first-order chi connectivity index (χ1) is 8.25. The van der Waals surface area contributed by atoms with Crippen LogP contribution in [0.25, 0.3) is 0 Å². The number of methoxy groups -OCH3 is 1. The van der Waals surface area contributed by atoms with Gasteiger partial charge in [-0.15, -0.1) is 0 Å². The molecule has 0 aliphatic rings. The molecule has 0 amide bonds. The zero-order valence-corrected chi connectivity index (χ0v) is 13.0. The van der Waals surface area contributed by atoms with E-state index < -0.39 is 21.2 Å². The Hall–Kier alpha value is -0.590. The van der Waals surface area contributed by atoms with Crippen molar-refractivity contribution in [3.05, 3.63) is 28.2 Å². The minimum atomic E-state index is -3.23. The lowest BCUT2D eigenvalue weighted by molar-refractivity contribution is 0.173. The van der Waals surface area contributed by atoms with Crippen molar-refractivity contribution in [3.63, 3.8) is 0 Å². The minimum Gasteiger partial charge on any atom is -0.496 e. The third-order valence-electron chi connectivity index (χ3n) is 2.88. The molecule has 0 fully saturated rings. The van der Waals surface area contributed by atoms with E-state index in [1.165, 1.54) is 6.92 Å². The molecule has 0 bridgehead atoms. The Morgan fingerprint density at radius 2 is 2.06 bits per heavy atom. The van der Waals surface area contributed by atoms with Gasteiger partial charge >= 0.3 is 0 Å². The summed E-state index contributed by atoms with van der Waals surface area (Å²) < 4.78 is 28.6. The number of benzene rings is 1. The van der Waals surface area contributed by atoms with Gasteiger partial charge in [-0.2, -0.15) is 0 Å². The largest absolute Gasteiger partial charge is 0.496 e. The Balaban J connectivity index is 2.82. The lowest BCUT2D eigenvalue weighted by Crippen LogP contribution is -2.32. The van der Waals surface area contributed by atoms with Gasteiger partial charge in [0.15, 0.2) is 9.84 Å². The monoisotopic (exact) mass is 336 g/mol. The van der Waals surface area contributed by atoms with Gasteiger partial charge in [-0.25, -0.2) is 8.42 Å². The van der Waals surface area contributed by atoms with Crippen molar-refractivity contribution in [1.82, 2.24) is 0 Å². The van der Waals surface area contributed by atoms with Crippen molar-refractivity contribution in [2.45, 2.75) is 24.7 Å². The summed E-state index contributed by atoms with van der Waals surface area (Å²) in [5.41, 5.74) is 0.852. The summed E-state index contributed by atoms with van der Waals surface area (Å²) >= 11 is 3.35. The summed E-state index contributed by atoms with van der Waals surface area (Å²) in [5, 5.41) is 9.12. The van der Waals surface area contributed by atoms with E-state index in [0.29, 0.717) is 5.75 Å². The van der Waals surface area contributed by atoms with Gasteiger partial charge in [-0.05, 0) is 47.0 Å². The summed E-state index contributed by atoms with van der Waals surface area (Å²) in [5.74, 6) is 0.699. The molecular formula is C12H17BrO4S. The molecule has 0 aromatic heterocycles. The molecule has 4 nitrogen and oxygen atoms in total. The van der Waals surface area contributed by atoms with E-state index in [4.69, 9.17) is 4.74 Å². The van der Waals surface area contributed by atoms with Crippen LogP contribution in [-0.2, 0) is 16.3 Å². The molecule has 0 heterocycles. The maximum absolute atomic E-state index is 11.3. The standard InChI is InChI=1S/C12H17BrO4S/c1-8(18(3,15)16)11(14)7-9-4-5-12(17-2)10(13)6-9/h4-6,8,11,14H,7H2,1-3H3. The van der Waals surface area contributed by atoms with Crippen LogP contribution in [0.5, 0.6) is 5.75 Å². The quantitative estimate of drug-likeness (QED) is 0.890. The smallest absolute Gasteiger partial charge is 0.152 e. The first-order valence-electron chi connectivity index (χ1n) is 5.45. The van der Waals surface area contributed by atoms with Crippen molar-refractivity contribution in [2.24, 2.45) is 0 Å².